The summed E-state index contributed by atoms with van der Waals surface area (Å²) < 4.78 is 5.81. The molecule has 0 saturated heterocycles. The van der Waals surface area contributed by atoms with Gasteiger partial charge in [-0.2, -0.15) is 0 Å². The molecule has 2 nitrogen and oxygen atoms in total. The Morgan fingerprint density at radius 3 is 2.42 bits per heavy atom. The molecular weight excluding hydrogens is 234 g/mol. The van der Waals surface area contributed by atoms with E-state index in [1.165, 1.54) is 6.42 Å². The maximum atomic E-state index is 5.81. The van der Waals surface area contributed by atoms with Crippen LogP contribution in [-0.2, 0) is 0 Å². The first-order chi connectivity index (χ1) is 8.81. The normalized spacial score (nSPS) is 15.5. The van der Waals surface area contributed by atoms with Gasteiger partial charge in [0.05, 0.1) is 6.04 Å². The Kier molecular flexibility index (Phi) is 6.12. The van der Waals surface area contributed by atoms with E-state index < -0.39 is 0 Å². The van der Waals surface area contributed by atoms with E-state index >= 15 is 0 Å². The molecule has 0 aliphatic carbocycles. The van der Waals surface area contributed by atoms with Crippen LogP contribution in [0, 0.1) is 18.3 Å². The van der Waals surface area contributed by atoms with Crippen molar-refractivity contribution >= 4 is 0 Å². The van der Waals surface area contributed by atoms with Crippen LogP contribution in [0.1, 0.15) is 71.4 Å². The van der Waals surface area contributed by atoms with Gasteiger partial charge in [0.2, 0.25) is 0 Å². The number of aryl methyl sites for hydroxylation is 1. The van der Waals surface area contributed by atoms with Crippen molar-refractivity contribution in [1.29, 1.82) is 0 Å². The number of hydrogen-bond donors (Lipinski definition) is 1. The second-order valence-electron chi connectivity index (χ2n) is 7.06. The summed E-state index contributed by atoms with van der Waals surface area (Å²) in [5, 5.41) is 3.62. The molecule has 1 aromatic heterocycles. The minimum atomic E-state index is 0.353. The van der Waals surface area contributed by atoms with E-state index in [1.807, 2.05) is 6.92 Å². The predicted molar refractivity (Wildman–Crippen MR) is 82.3 cm³/mol. The van der Waals surface area contributed by atoms with E-state index in [2.05, 4.69) is 52.1 Å². The third-order valence-corrected chi connectivity index (χ3v) is 3.34. The van der Waals surface area contributed by atoms with Crippen LogP contribution in [-0.4, -0.2) is 6.54 Å². The maximum absolute atomic E-state index is 5.81. The zero-order chi connectivity index (χ0) is 14.5. The summed E-state index contributed by atoms with van der Waals surface area (Å²) >= 11 is 0. The van der Waals surface area contributed by atoms with Gasteiger partial charge in [0, 0.05) is 0 Å². The standard InChI is InChI=1S/C17H31NO/c1-7-10-18-15(16-9-8-14(3)19-16)11-13(2)12-17(4,5)6/h8-9,13,15,18H,7,10-12H2,1-6H3. The largest absolute Gasteiger partial charge is 0.465 e. The lowest BCUT2D eigenvalue weighted by Crippen LogP contribution is -2.25. The van der Waals surface area contributed by atoms with E-state index in [-0.39, 0.29) is 0 Å². The molecule has 0 aliphatic heterocycles. The predicted octanol–water partition coefficient (Wildman–Crippen LogP) is 5.09. The van der Waals surface area contributed by atoms with Crippen molar-refractivity contribution in [2.75, 3.05) is 6.54 Å². The van der Waals surface area contributed by atoms with Crippen molar-refractivity contribution in [3.63, 3.8) is 0 Å². The second-order valence-corrected chi connectivity index (χ2v) is 7.06. The summed E-state index contributed by atoms with van der Waals surface area (Å²) in [5.41, 5.74) is 0.397. The van der Waals surface area contributed by atoms with Crippen LogP contribution in [0.2, 0.25) is 0 Å². The molecule has 0 spiro atoms. The molecule has 0 saturated carbocycles. The molecule has 1 N–H and O–H groups in total. The molecule has 0 aromatic carbocycles. The average molecular weight is 265 g/mol. The molecule has 2 unspecified atom stereocenters. The summed E-state index contributed by atoms with van der Waals surface area (Å²) in [7, 11) is 0. The molecule has 110 valence electrons. The smallest absolute Gasteiger partial charge is 0.121 e. The molecule has 0 aliphatic rings. The fourth-order valence-corrected chi connectivity index (χ4v) is 2.79. The first-order valence-electron chi connectivity index (χ1n) is 7.61. The zero-order valence-corrected chi connectivity index (χ0v) is 13.5. The van der Waals surface area contributed by atoms with Gasteiger partial charge in [0.1, 0.15) is 11.5 Å². The van der Waals surface area contributed by atoms with Gasteiger partial charge < -0.3 is 9.73 Å². The first-order valence-corrected chi connectivity index (χ1v) is 7.61. The average Bonchev–Trinajstić information content (AvgIpc) is 2.68. The Bertz CT molecular complexity index is 362. The van der Waals surface area contributed by atoms with Gasteiger partial charge in [0.15, 0.2) is 0 Å². The lowest BCUT2D eigenvalue weighted by Gasteiger charge is -2.26. The molecule has 2 atom stereocenters. The fourth-order valence-electron chi connectivity index (χ4n) is 2.79. The topological polar surface area (TPSA) is 25.2 Å². The Morgan fingerprint density at radius 2 is 1.95 bits per heavy atom. The van der Waals surface area contributed by atoms with Crippen LogP contribution in [0.4, 0.5) is 0 Å². The second kappa shape index (κ2) is 7.14. The van der Waals surface area contributed by atoms with Crippen molar-refractivity contribution in [3.05, 3.63) is 23.7 Å². The highest BCUT2D eigenvalue weighted by atomic mass is 16.3. The van der Waals surface area contributed by atoms with Crippen LogP contribution < -0.4 is 5.32 Å². The van der Waals surface area contributed by atoms with Gasteiger partial charge >= 0.3 is 0 Å². The first kappa shape index (κ1) is 16.3. The highest BCUT2D eigenvalue weighted by Crippen LogP contribution is 2.31. The van der Waals surface area contributed by atoms with Gasteiger partial charge in [-0.3, -0.25) is 0 Å². The van der Waals surface area contributed by atoms with Crippen molar-refractivity contribution in [3.8, 4) is 0 Å². The zero-order valence-electron chi connectivity index (χ0n) is 13.5. The van der Waals surface area contributed by atoms with Crippen LogP contribution in [0.5, 0.6) is 0 Å². The van der Waals surface area contributed by atoms with Gasteiger partial charge in [0.25, 0.3) is 0 Å². The summed E-state index contributed by atoms with van der Waals surface area (Å²) in [4.78, 5) is 0. The van der Waals surface area contributed by atoms with E-state index in [0.717, 1.165) is 30.9 Å². The Morgan fingerprint density at radius 1 is 1.26 bits per heavy atom. The highest BCUT2D eigenvalue weighted by molar-refractivity contribution is 5.09. The monoisotopic (exact) mass is 265 g/mol. The van der Waals surface area contributed by atoms with Crippen molar-refractivity contribution in [2.24, 2.45) is 11.3 Å². The molecule has 0 radical (unpaired) electrons. The van der Waals surface area contributed by atoms with Gasteiger partial charge in [-0.15, -0.1) is 0 Å². The minimum Gasteiger partial charge on any atom is -0.465 e. The molecule has 0 amide bonds. The highest BCUT2D eigenvalue weighted by Gasteiger charge is 2.21. The van der Waals surface area contributed by atoms with Gasteiger partial charge in [-0.1, -0.05) is 34.6 Å². The van der Waals surface area contributed by atoms with E-state index in [9.17, 15) is 0 Å². The minimum absolute atomic E-state index is 0.353. The molecule has 1 rings (SSSR count). The number of nitrogens with one attached hydrogen (secondary N) is 1. The van der Waals surface area contributed by atoms with Crippen LogP contribution >= 0.6 is 0 Å². The molecular formula is C17H31NO. The summed E-state index contributed by atoms with van der Waals surface area (Å²) in [6.45, 7) is 14.6. The van der Waals surface area contributed by atoms with E-state index in [0.29, 0.717) is 17.4 Å². The van der Waals surface area contributed by atoms with Crippen molar-refractivity contribution < 1.29 is 4.42 Å². The molecule has 1 aromatic rings. The Labute approximate surface area is 119 Å². The third kappa shape index (κ3) is 6.29. The quantitative estimate of drug-likeness (QED) is 0.742. The van der Waals surface area contributed by atoms with Crippen LogP contribution in [0.25, 0.3) is 0 Å². The van der Waals surface area contributed by atoms with E-state index in [1.54, 1.807) is 0 Å². The molecule has 0 fully saturated rings. The number of rotatable bonds is 7. The van der Waals surface area contributed by atoms with Crippen molar-refractivity contribution in [1.82, 2.24) is 5.32 Å². The van der Waals surface area contributed by atoms with Crippen molar-refractivity contribution in [2.45, 2.75) is 66.8 Å². The summed E-state index contributed by atoms with van der Waals surface area (Å²) in [6.07, 6.45) is 3.55. The number of furan rings is 1. The molecule has 2 heteroatoms. The lowest BCUT2D eigenvalue weighted by atomic mass is 9.82. The van der Waals surface area contributed by atoms with Gasteiger partial charge in [-0.25, -0.2) is 0 Å². The maximum Gasteiger partial charge on any atom is 0.121 e. The van der Waals surface area contributed by atoms with E-state index in [4.69, 9.17) is 4.42 Å². The summed E-state index contributed by atoms with van der Waals surface area (Å²) in [5.74, 6) is 2.79. The third-order valence-electron chi connectivity index (χ3n) is 3.34. The summed E-state index contributed by atoms with van der Waals surface area (Å²) in [6, 6.07) is 4.53. The van der Waals surface area contributed by atoms with Crippen LogP contribution in [0.3, 0.4) is 0 Å². The molecule has 1 heterocycles. The molecule has 19 heavy (non-hydrogen) atoms. The lowest BCUT2D eigenvalue weighted by molar-refractivity contribution is 0.263. The number of hydrogen-bond acceptors (Lipinski definition) is 2. The molecule has 0 bridgehead atoms. The fraction of sp³-hybridized carbons (Fsp3) is 0.765. The Balaban J connectivity index is 2.64. The Hall–Kier alpha value is -0.760. The SMILES string of the molecule is CCCNC(CC(C)CC(C)(C)C)c1ccc(C)o1. The van der Waals surface area contributed by atoms with Crippen LogP contribution in [0.15, 0.2) is 16.5 Å². The van der Waals surface area contributed by atoms with Gasteiger partial charge in [-0.05, 0) is 56.2 Å².